The summed E-state index contributed by atoms with van der Waals surface area (Å²) in [6, 6.07) is 53.1. The first-order chi connectivity index (χ1) is 25.6. The van der Waals surface area contributed by atoms with Crippen LogP contribution in [0.3, 0.4) is 0 Å². The van der Waals surface area contributed by atoms with Crippen LogP contribution in [0.5, 0.6) is 0 Å². The van der Waals surface area contributed by atoms with Crippen molar-refractivity contribution in [3.63, 3.8) is 0 Å². The van der Waals surface area contributed by atoms with E-state index in [1.165, 1.54) is 0 Å². The summed E-state index contributed by atoms with van der Waals surface area (Å²) in [5.41, 5.74) is 11.4. The van der Waals surface area contributed by atoms with E-state index in [4.69, 9.17) is 30.8 Å². The maximum atomic E-state index is 8.89. The zero-order chi connectivity index (χ0) is 35.0. The molecule has 0 aliphatic heterocycles. The van der Waals surface area contributed by atoms with Crippen LogP contribution in [0.15, 0.2) is 164 Å². The summed E-state index contributed by atoms with van der Waals surface area (Å²) in [6.07, 6.45) is 3.57. The second-order valence-corrected chi connectivity index (χ2v) is 12.7. The Kier molecular flexibility index (Phi) is 7.67. The predicted octanol–water partition coefficient (Wildman–Crippen LogP) is 10.8. The van der Waals surface area contributed by atoms with E-state index in [0.29, 0.717) is 28.6 Å². The molecular weight excluding hydrogens is 637 g/mol. The standard InChI is InChI=1S/C46H30N6/c47-39-27-26-38-41(42(39)48)37-25-24-36(28-40(37)49-43(38)33-14-8-3-9-15-33)46-51-44(34-20-16-31(17-21-34)29-10-4-1-5-11-29)50-45(52-46)35-22-18-32(19-23-35)30-12-6-2-7-13-30/h1-28,47-48H. The lowest BCUT2D eigenvalue weighted by atomic mass is 9.88. The van der Waals surface area contributed by atoms with Crippen LogP contribution in [0.25, 0.3) is 84.7 Å². The molecule has 9 rings (SSSR count). The van der Waals surface area contributed by atoms with Crippen LogP contribution < -0.4 is 0 Å². The number of rotatable bonds is 6. The molecular formula is C46H30N6. The molecule has 6 nitrogen and oxygen atoms in total. The van der Waals surface area contributed by atoms with Crippen molar-refractivity contribution in [1.29, 1.82) is 10.8 Å². The summed E-state index contributed by atoms with van der Waals surface area (Å²) in [5.74, 6) is 1.65. The van der Waals surface area contributed by atoms with Crippen molar-refractivity contribution in [2.75, 3.05) is 0 Å². The van der Waals surface area contributed by atoms with Crippen molar-refractivity contribution in [3.8, 4) is 67.7 Å². The van der Waals surface area contributed by atoms with Crippen LogP contribution in [0.4, 0.5) is 0 Å². The highest BCUT2D eigenvalue weighted by molar-refractivity contribution is 6.54. The Bertz CT molecular complexity index is 2570. The Hall–Kier alpha value is -7.18. The van der Waals surface area contributed by atoms with Gasteiger partial charge in [-0.15, -0.1) is 0 Å². The average Bonchev–Trinajstić information content (AvgIpc) is 3.22. The number of pyridine rings is 1. The van der Waals surface area contributed by atoms with Gasteiger partial charge in [-0.25, -0.2) is 19.9 Å². The lowest BCUT2D eigenvalue weighted by molar-refractivity contribution is 1.07. The summed E-state index contributed by atoms with van der Waals surface area (Å²) in [6.45, 7) is 0. The SMILES string of the molecule is N=C1C=Cc2c(-c3ccccc3)nc3cc(-c4nc(-c5ccc(-c6ccccc6)cc5)nc(-c5ccc(-c6ccccc6)cc5)n4)ccc3c2C1=N. The minimum Gasteiger partial charge on any atom is -0.299 e. The Morgan fingerprint density at radius 2 is 0.788 bits per heavy atom. The third-order valence-electron chi connectivity index (χ3n) is 9.40. The molecule has 52 heavy (non-hydrogen) atoms. The molecule has 0 fully saturated rings. The smallest absolute Gasteiger partial charge is 0.164 e. The second kappa shape index (κ2) is 12.9. The van der Waals surface area contributed by atoms with Gasteiger partial charge < -0.3 is 0 Å². The monoisotopic (exact) mass is 666 g/mol. The van der Waals surface area contributed by atoms with E-state index in [1.807, 2.05) is 91.0 Å². The third-order valence-corrected chi connectivity index (χ3v) is 9.40. The van der Waals surface area contributed by atoms with Crippen LogP contribution in [0.1, 0.15) is 11.1 Å². The van der Waals surface area contributed by atoms with Crippen molar-refractivity contribution in [2.24, 2.45) is 0 Å². The molecule has 8 aromatic rings. The van der Waals surface area contributed by atoms with Gasteiger partial charge in [0, 0.05) is 38.8 Å². The molecule has 244 valence electrons. The molecule has 1 aliphatic carbocycles. The number of benzene rings is 6. The van der Waals surface area contributed by atoms with Gasteiger partial charge in [-0.1, -0.05) is 152 Å². The van der Waals surface area contributed by atoms with Crippen LogP contribution >= 0.6 is 0 Å². The number of nitrogens with zero attached hydrogens (tertiary/aromatic N) is 4. The average molecular weight is 667 g/mol. The number of hydrogen-bond acceptors (Lipinski definition) is 6. The van der Waals surface area contributed by atoms with Gasteiger partial charge in [-0.05, 0) is 40.5 Å². The van der Waals surface area contributed by atoms with Crippen molar-refractivity contribution in [2.45, 2.75) is 0 Å². The molecule has 0 spiro atoms. The zero-order valence-corrected chi connectivity index (χ0v) is 28.0. The van der Waals surface area contributed by atoms with E-state index in [0.717, 1.165) is 61.2 Å². The molecule has 0 bridgehead atoms. The molecule has 0 saturated heterocycles. The van der Waals surface area contributed by atoms with E-state index in [-0.39, 0.29) is 11.4 Å². The van der Waals surface area contributed by atoms with E-state index >= 15 is 0 Å². The van der Waals surface area contributed by atoms with Crippen LogP contribution in [-0.2, 0) is 0 Å². The summed E-state index contributed by atoms with van der Waals surface area (Å²) in [5, 5.41) is 18.1. The van der Waals surface area contributed by atoms with Crippen molar-refractivity contribution in [1.82, 2.24) is 19.9 Å². The molecule has 0 radical (unpaired) electrons. The molecule has 2 N–H and O–H groups in total. The van der Waals surface area contributed by atoms with Gasteiger partial charge in [0.1, 0.15) is 0 Å². The van der Waals surface area contributed by atoms with Crippen LogP contribution in [0.2, 0.25) is 0 Å². The van der Waals surface area contributed by atoms with E-state index in [2.05, 4.69) is 72.8 Å². The highest BCUT2D eigenvalue weighted by Gasteiger charge is 2.23. The van der Waals surface area contributed by atoms with Gasteiger partial charge in [0.15, 0.2) is 17.5 Å². The highest BCUT2D eigenvalue weighted by Crippen LogP contribution is 2.36. The zero-order valence-electron chi connectivity index (χ0n) is 28.0. The van der Waals surface area contributed by atoms with E-state index in [9.17, 15) is 0 Å². The number of fused-ring (bicyclic) bond motifs is 3. The first-order valence-electron chi connectivity index (χ1n) is 17.1. The summed E-state index contributed by atoms with van der Waals surface area (Å²) >= 11 is 0. The highest BCUT2D eigenvalue weighted by atomic mass is 15.0. The predicted molar refractivity (Wildman–Crippen MR) is 211 cm³/mol. The van der Waals surface area contributed by atoms with Gasteiger partial charge in [0.05, 0.1) is 22.6 Å². The Balaban J connectivity index is 1.20. The lowest BCUT2D eigenvalue weighted by Gasteiger charge is -2.19. The van der Waals surface area contributed by atoms with Gasteiger partial charge in [0.2, 0.25) is 0 Å². The van der Waals surface area contributed by atoms with Gasteiger partial charge >= 0.3 is 0 Å². The number of allylic oxidation sites excluding steroid dienone is 1. The molecule has 1 aliphatic rings. The second-order valence-electron chi connectivity index (χ2n) is 12.7. The topological polar surface area (TPSA) is 99.3 Å². The lowest BCUT2D eigenvalue weighted by Crippen LogP contribution is -2.17. The molecule has 6 aromatic carbocycles. The molecule has 6 heteroatoms. The Labute approximate surface area is 300 Å². The molecule has 0 saturated carbocycles. The number of hydrogen-bond donors (Lipinski definition) is 2. The maximum Gasteiger partial charge on any atom is 0.164 e. The normalized spacial score (nSPS) is 12.2. The Morgan fingerprint density at radius 1 is 0.365 bits per heavy atom. The fraction of sp³-hybridized carbons (Fsp3) is 0. The number of nitrogens with one attached hydrogen (secondary N) is 2. The Morgan fingerprint density at radius 3 is 1.31 bits per heavy atom. The molecule has 0 atom stereocenters. The van der Waals surface area contributed by atoms with Gasteiger partial charge in [-0.2, -0.15) is 0 Å². The van der Waals surface area contributed by atoms with Crippen molar-refractivity contribution < 1.29 is 0 Å². The van der Waals surface area contributed by atoms with E-state index < -0.39 is 0 Å². The first kappa shape index (κ1) is 30.8. The van der Waals surface area contributed by atoms with Crippen LogP contribution in [-0.4, -0.2) is 31.4 Å². The number of aromatic nitrogens is 4. The minimum absolute atomic E-state index is 0.173. The maximum absolute atomic E-state index is 8.89. The van der Waals surface area contributed by atoms with Crippen molar-refractivity contribution in [3.05, 3.63) is 175 Å². The molecule has 2 heterocycles. The van der Waals surface area contributed by atoms with Gasteiger partial charge in [-0.3, -0.25) is 10.8 Å². The molecule has 0 amide bonds. The first-order valence-corrected chi connectivity index (χ1v) is 17.1. The summed E-state index contributed by atoms with van der Waals surface area (Å²) in [7, 11) is 0. The van der Waals surface area contributed by atoms with E-state index in [1.54, 1.807) is 6.08 Å². The third kappa shape index (κ3) is 5.68. The largest absolute Gasteiger partial charge is 0.299 e. The fourth-order valence-electron chi connectivity index (χ4n) is 6.70. The summed E-state index contributed by atoms with van der Waals surface area (Å²) in [4.78, 5) is 20.2. The molecule has 2 aromatic heterocycles. The summed E-state index contributed by atoms with van der Waals surface area (Å²) < 4.78 is 0. The fourth-order valence-corrected chi connectivity index (χ4v) is 6.70. The minimum atomic E-state index is 0.173. The molecule has 0 unspecified atom stereocenters. The van der Waals surface area contributed by atoms with Crippen LogP contribution in [0, 0.1) is 10.8 Å². The van der Waals surface area contributed by atoms with Gasteiger partial charge in [0.25, 0.3) is 0 Å². The van der Waals surface area contributed by atoms with Crippen molar-refractivity contribution >= 4 is 28.4 Å². The quantitative estimate of drug-likeness (QED) is 0.184.